The maximum atomic E-state index is 12.4. The SMILES string of the molecule is COc1cc(C(=O)N[C@@H](C)c2cc3ccccc3o2)ccc1C. The molecule has 4 nitrogen and oxygen atoms in total. The van der Waals surface area contributed by atoms with E-state index in [1.54, 1.807) is 19.2 Å². The summed E-state index contributed by atoms with van der Waals surface area (Å²) in [6.07, 6.45) is 0. The van der Waals surface area contributed by atoms with Crippen molar-refractivity contribution in [3.05, 3.63) is 65.4 Å². The third-order valence-electron chi connectivity index (χ3n) is 3.89. The number of aryl methyl sites for hydroxylation is 1. The zero-order valence-electron chi connectivity index (χ0n) is 13.4. The van der Waals surface area contributed by atoms with Crippen molar-refractivity contribution >= 4 is 16.9 Å². The van der Waals surface area contributed by atoms with Gasteiger partial charge in [0.1, 0.15) is 17.1 Å². The van der Waals surface area contributed by atoms with Gasteiger partial charge < -0.3 is 14.5 Å². The summed E-state index contributed by atoms with van der Waals surface area (Å²) in [4.78, 5) is 12.4. The van der Waals surface area contributed by atoms with Gasteiger partial charge >= 0.3 is 0 Å². The highest BCUT2D eigenvalue weighted by Gasteiger charge is 2.16. The molecule has 0 saturated heterocycles. The lowest BCUT2D eigenvalue weighted by Gasteiger charge is -2.12. The second-order valence-electron chi connectivity index (χ2n) is 5.57. The number of carbonyl (C=O) groups excluding carboxylic acids is 1. The van der Waals surface area contributed by atoms with Crippen LogP contribution in [0.5, 0.6) is 5.75 Å². The molecule has 0 aliphatic rings. The molecule has 2 aromatic carbocycles. The summed E-state index contributed by atoms with van der Waals surface area (Å²) in [6, 6.07) is 14.9. The molecule has 1 atom stereocenters. The topological polar surface area (TPSA) is 51.5 Å². The molecule has 0 aliphatic carbocycles. The van der Waals surface area contributed by atoms with E-state index in [9.17, 15) is 4.79 Å². The first-order valence-corrected chi connectivity index (χ1v) is 7.52. The van der Waals surface area contributed by atoms with Crippen LogP contribution in [-0.4, -0.2) is 13.0 Å². The zero-order chi connectivity index (χ0) is 16.4. The minimum atomic E-state index is -0.220. The maximum absolute atomic E-state index is 12.4. The van der Waals surface area contributed by atoms with Crippen LogP contribution >= 0.6 is 0 Å². The van der Waals surface area contributed by atoms with E-state index in [1.165, 1.54) is 0 Å². The number of para-hydroxylation sites is 1. The number of fused-ring (bicyclic) bond motifs is 1. The molecule has 23 heavy (non-hydrogen) atoms. The van der Waals surface area contributed by atoms with Gasteiger partial charge in [-0.25, -0.2) is 0 Å². The number of amides is 1. The largest absolute Gasteiger partial charge is 0.496 e. The lowest BCUT2D eigenvalue weighted by atomic mass is 10.1. The number of hydrogen-bond acceptors (Lipinski definition) is 3. The second kappa shape index (κ2) is 6.16. The number of carbonyl (C=O) groups is 1. The summed E-state index contributed by atoms with van der Waals surface area (Å²) >= 11 is 0. The minimum Gasteiger partial charge on any atom is -0.496 e. The first-order chi connectivity index (χ1) is 11.1. The predicted octanol–water partition coefficient (Wildman–Crippen LogP) is 4.24. The molecular weight excluding hydrogens is 290 g/mol. The van der Waals surface area contributed by atoms with Crippen molar-refractivity contribution in [1.82, 2.24) is 5.32 Å². The summed E-state index contributed by atoms with van der Waals surface area (Å²) < 4.78 is 11.1. The summed E-state index contributed by atoms with van der Waals surface area (Å²) in [7, 11) is 1.60. The maximum Gasteiger partial charge on any atom is 0.251 e. The van der Waals surface area contributed by atoms with Crippen LogP contribution in [-0.2, 0) is 0 Å². The van der Waals surface area contributed by atoms with Gasteiger partial charge in [-0.15, -0.1) is 0 Å². The number of benzene rings is 2. The fourth-order valence-corrected chi connectivity index (χ4v) is 2.53. The van der Waals surface area contributed by atoms with Crippen LogP contribution in [0.1, 0.15) is 34.6 Å². The van der Waals surface area contributed by atoms with Gasteiger partial charge in [0.05, 0.1) is 13.2 Å². The summed E-state index contributed by atoms with van der Waals surface area (Å²) in [6.45, 7) is 3.85. The summed E-state index contributed by atoms with van der Waals surface area (Å²) in [5.41, 5.74) is 2.38. The smallest absolute Gasteiger partial charge is 0.251 e. The van der Waals surface area contributed by atoms with Gasteiger partial charge in [-0.05, 0) is 43.7 Å². The molecular formula is C19H19NO3. The molecule has 0 bridgehead atoms. The molecule has 0 spiro atoms. The number of rotatable bonds is 4. The second-order valence-corrected chi connectivity index (χ2v) is 5.57. The quantitative estimate of drug-likeness (QED) is 0.784. The molecule has 118 valence electrons. The minimum absolute atomic E-state index is 0.156. The molecule has 0 aliphatic heterocycles. The van der Waals surface area contributed by atoms with Gasteiger partial charge in [0.15, 0.2) is 0 Å². The van der Waals surface area contributed by atoms with Crippen molar-refractivity contribution < 1.29 is 13.9 Å². The Labute approximate surface area is 135 Å². The summed E-state index contributed by atoms with van der Waals surface area (Å²) in [5.74, 6) is 1.28. The van der Waals surface area contributed by atoms with Crippen molar-refractivity contribution in [1.29, 1.82) is 0 Å². The average molecular weight is 309 g/mol. The van der Waals surface area contributed by atoms with Crippen LogP contribution in [0.4, 0.5) is 0 Å². The van der Waals surface area contributed by atoms with E-state index in [0.717, 1.165) is 22.3 Å². The number of methoxy groups -OCH3 is 1. The highest BCUT2D eigenvalue weighted by molar-refractivity contribution is 5.95. The van der Waals surface area contributed by atoms with Gasteiger partial charge in [-0.2, -0.15) is 0 Å². The highest BCUT2D eigenvalue weighted by atomic mass is 16.5. The third kappa shape index (κ3) is 3.06. The van der Waals surface area contributed by atoms with E-state index in [0.29, 0.717) is 11.3 Å². The van der Waals surface area contributed by atoms with Crippen LogP contribution < -0.4 is 10.1 Å². The lowest BCUT2D eigenvalue weighted by molar-refractivity contribution is 0.0935. The average Bonchev–Trinajstić information content (AvgIpc) is 2.99. The Hall–Kier alpha value is -2.75. The molecule has 1 N–H and O–H groups in total. The van der Waals surface area contributed by atoms with Gasteiger partial charge in [0.25, 0.3) is 5.91 Å². The van der Waals surface area contributed by atoms with Gasteiger partial charge in [-0.3, -0.25) is 4.79 Å². The number of hydrogen-bond donors (Lipinski definition) is 1. The molecule has 0 fully saturated rings. The predicted molar refractivity (Wildman–Crippen MR) is 89.8 cm³/mol. The van der Waals surface area contributed by atoms with Crippen LogP contribution in [0.25, 0.3) is 11.0 Å². The van der Waals surface area contributed by atoms with Crippen LogP contribution in [0.15, 0.2) is 52.9 Å². The van der Waals surface area contributed by atoms with E-state index in [4.69, 9.17) is 9.15 Å². The normalized spacial score (nSPS) is 12.1. The monoisotopic (exact) mass is 309 g/mol. The lowest BCUT2D eigenvalue weighted by Crippen LogP contribution is -2.26. The fraction of sp³-hybridized carbons (Fsp3) is 0.211. The first kappa shape index (κ1) is 15.2. The number of ether oxygens (including phenoxy) is 1. The van der Waals surface area contributed by atoms with Crippen LogP contribution in [0, 0.1) is 6.92 Å². The van der Waals surface area contributed by atoms with Crippen molar-refractivity contribution in [2.24, 2.45) is 0 Å². The summed E-state index contributed by atoms with van der Waals surface area (Å²) in [5, 5.41) is 3.98. The molecule has 3 rings (SSSR count). The molecule has 0 radical (unpaired) electrons. The van der Waals surface area contributed by atoms with E-state index in [-0.39, 0.29) is 11.9 Å². The van der Waals surface area contributed by atoms with E-state index in [1.807, 2.05) is 50.2 Å². The van der Waals surface area contributed by atoms with Crippen molar-refractivity contribution in [2.75, 3.05) is 7.11 Å². The Morgan fingerprint density at radius 3 is 2.70 bits per heavy atom. The number of nitrogens with one attached hydrogen (secondary N) is 1. The van der Waals surface area contributed by atoms with Crippen molar-refractivity contribution in [3.8, 4) is 5.75 Å². The molecule has 1 heterocycles. The molecule has 4 heteroatoms. The number of furan rings is 1. The van der Waals surface area contributed by atoms with Crippen molar-refractivity contribution in [3.63, 3.8) is 0 Å². The van der Waals surface area contributed by atoms with Crippen molar-refractivity contribution in [2.45, 2.75) is 19.9 Å². The first-order valence-electron chi connectivity index (χ1n) is 7.52. The Balaban J connectivity index is 1.79. The fourth-order valence-electron chi connectivity index (χ4n) is 2.53. The van der Waals surface area contributed by atoms with E-state index < -0.39 is 0 Å². The van der Waals surface area contributed by atoms with E-state index >= 15 is 0 Å². The molecule has 3 aromatic rings. The Morgan fingerprint density at radius 1 is 1.17 bits per heavy atom. The van der Waals surface area contributed by atoms with E-state index in [2.05, 4.69) is 5.32 Å². The van der Waals surface area contributed by atoms with Crippen LogP contribution in [0.3, 0.4) is 0 Å². The Bertz CT molecular complexity index is 818. The molecule has 0 unspecified atom stereocenters. The van der Waals surface area contributed by atoms with Gasteiger partial charge in [0, 0.05) is 10.9 Å². The standard InChI is InChI=1S/C19H19NO3/c1-12-8-9-15(11-17(12)22-3)19(21)20-13(2)18-10-14-6-4-5-7-16(14)23-18/h4-11,13H,1-3H3,(H,20,21)/t13-/m0/s1. The third-order valence-corrected chi connectivity index (χ3v) is 3.89. The van der Waals surface area contributed by atoms with Gasteiger partial charge in [0.2, 0.25) is 0 Å². The molecule has 1 amide bonds. The van der Waals surface area contributed by atoms with Crippen LogP contribution in [0.2, 0.25) is 0 Å². The zero-order valence-corrected chi connectivity index (χ0v) is 13.4. The molecule has 0 saturated carbocycles. The van der Waals surface area contributed by atoms with Gasteiger partial charge in [-0.1, -0.05) is 24.3 Å². The Morgan fingerprint density at radius 2 is 1.96 bits per heavy atom. The Kier molecular flexibility index (Phi) is 4.06. The molecule has 1 aromatic heterocycles. The highest BCUT2D eigenvalue weighted by Crippen LogP contribution is 2.24.